The molecule has 3 aromatic heterocycles. The van der Waals surface area contributed by atoms with E-state index in [0.717, 1.165) is 167 Å². The molecule has 0 amide bonds. The molecule has 0 fully saturated rings. The molecule has 17 aromatic carbocycles. The SMILES string of the molecule is [2H]c1c([2H])c([2H])c2c(c1[2H])c1c([2H])c([2H])c([2H])c([2H])c1n2-c1cc2c3c(c1)N(c1cc(-c4ccccc4)cc(-c4ccccc4)c1)c1cc(-n4c5ccc(C(C)(C)C)cc5c5cc(C(C)(C)C)ccc54)ccc1B3c1ccc(-n3c4ccccc4c4cc(N(c5ccccc5)c5ccccc5)ccc43)cc1N2c1cc(-c2ccccc2)cc(-c2ccccc2)c1. The zero-order valence-electron chi connectivity index (χ0n) is 73.7. The van der Waals surface area contributed by atoms with E-state index in [9.17, 15) is 11.0 Å². The predicted molar refractivity (Wildman–Crippen MR) is 497 cm³/mol. The number of anilines is 9. The van der Waals surface area contributed by atoms with Gasteiger partial charge in [-0.3, -0.25) is 0 Å². The van der Waals surface area contributed by atoms with Crippen molar-refractivity contribution in [2.45, 2.75) is 52.4 Å². The molecular formula is C110H83BN6. The highest BCUT2D eigenvalue weighted by Gasteiger charge is 2.45. The number of benzene rings is 17. The minimum Gasteiger partial charge on any atom is -0.311 e. The van der Waals surface area contributed by atoms with Gasteiger partial charge in [-0.2, -0.15) is 0 Å². The maximum absolute atomic E-state index is 10.2. The first-order valence-electron chi connectivity index (χ1n) is 44.2. The lowest BCUT2D eigenvalue weighted by Crippen LogP contribution is -2.61. The van der Waals surface area contributed by atoms with Crippen LogP contribution < -0.4 is 31.1 Å². The minimum atomic E-state index is -0.552. The van der Waals surface area contributed by atoms with Crippen LogP contribution in [0.3, 0.4) is 0 Å². The van der Waals surface area contributed by atoms with Crippen molar-refractivity contribution >= 4 is 140 Å². The lowest BCUT2D eigenvalue weighted by atomic mass is 9.33. The van der Waals surface area contributed by atoms with Crippen LogP contribution in [0.5, 0.6) is 0 Å². The molecule has 0 aliphatic carbocycles. The molecule has 6 nitrogen and oxygen atoms in total. The van der Waals surface area contributed by atoms with Crippen LogP contribution in [0.4, 0.5) is 51.2 Å². The Balaban J connectivity index is 0.907. The number of nitrogens with zero attached hydrogens (tertiary/aromatic N) is 6. The molecule has 0 unspecified atom stereocenters. The molecule has 0 N–H and O–H groups in total. The molecular weight excluding hydrogens is 1420 g/mol. The molecule has 0 bridgehead atoms. The maximum Gasteiger partial charge on any atom is 0.252 e. The van der Waals surface area contributed by atoms with Crippen LogP contribution in [0.2, 0.25) is 0 Å². The first-order chi connectivity index (χ1) is 60.6. The fourth-order valence-electron chi connectivity index (χ4n) is 18.5. The fraction of sp³-hybridized carbons (Fsp3) is 0.0727. The van der Waals surface area contributed by atoms with Gasteiger partial charge < -0.3 is 28.4 Å². The average Bonchev–Trinajstić information content (AvgIpc) is 1.66. The molecule has 0 saturated carbocycles. The third-order valence-electron chi connectivity index (χ3n) is 24.1. The van der Waals surface area contributed by atoms with Gasteiger partial charge in [0.1, 0.15) is 0 Å². The van der Waals surface area contributed by atoms with Gasteiger partial charge in [-0.1, -0.05) is 278 Å². The van der Waals surface area contributed by atoms with Gasteiger partial charge in [0.05, 0.1) is 49.8 Å². The summed E-state index contributed by atoms with van der Waals surface area (Å²) in [6, 6.07) is 120. The average molecular weight is 1510 g/mol. The van der Waals surface area contributed by atoms with Crippen molar-refractivity contribution in [1.29, 1.82) is 0 Å². The molecule has 117 heavy (non-hydrogen) atoms. The van der Waals surface area contributed by atoms with Crippen molar-refractivity contribution < 1.29 is 11.0 Å². The molecule has 2 aliphatic heterocycles. The highest BCUT2D eigenvalue weighted by atomic mass is 15.2. The van der Waals surface area contributed by atoms with Crippen molar-refractivity contribution in [3.05, 3.63) is 405 Å². The van der Waals surface area contributed by atoms with Gasteiger partial charge >= 0.3 is 0 Å². The summed E-state index contributed by atoms with van der Waals surface area (Å²) >= 11 is 0. The standard InChI is InChI=1S/C110H83BN6/c1-109(2,3)80-49-56-101-93(65-80)94-66-81(110(4,5)6)50-57-102(94)114(101)86-52-55-97-105(69-86)117(88-63-78(74-35-17-9-18-36-74)60-79(64-88)75-37-19-10-20-38-75)107-71-89(115-98-46-28-25-43-90(98)91-44-26-29-47-99(91)115)70-106-108(107)111(97)96-54-51-85(68-104(96)116(106)87-61-76(72-31-13-7-14-32-72)59-77(62-87)73-33-15-8-16-34-73)113-100-48-30-27-45-92(100)95-67-84(53-58-103(95)113)112(82-39-21-11-22-40-82)83-41-23-12-24-42-83/h7-71H,1-6H3/i25D,26D,28D,29D,43D,44D,46D,47D. The molecule has 22 rings (SSSR count). The smallest absolute Gasteiger partial charge is 0.252 e. The van der Waals surface area contributed by atoms with Gasteiger partial charge in [0.2, 0.25) is 0 Å². The Hall–Kier alpha value is -14.4. The Morgan fingerprint density at radius 1 is 0.248 bits per heavy atom. The summed E-state index contributed by atoms with van der Waals surface area (Å²) in [6.45, 7) is 13.1. The highest BCUT2D eigenvalue weighted by molar-refractivity contribution is 7.00. The second kappa shape index (κ2) is 27.2. The third kappa shape index (κ3) is 11.5. The normalized spacial score (nSPS) is 13.6. The van der Waals surface area contributed by atoms with Crippen LogP contribution in [0.1, 0.15) is 63.6 Å². The highest BCUT2D eigenvalue weighted by Crippen LogP contribution is 2.52. The number of rotatable bonds is 12. The first kappa shape index (κ1) is 61.2. The predicted octanol–water partition coefficient (Wildman–Crippen LogP) is 27.8. The van der Waals surface area contributed by atoms with E-state index in [-0.39, 0.29) is 32.6 Å². The third-order valence-corrected chi connectivity index (χ3v) is 24.1. The Labute approximate surface area is 694 Å². The topological polar surface area (TPSA) is 24.5 Å². The molecule has 556 valence electrons. The van der Waals surface area contributed by atoms with E-state index >= 15 is 0 Å². The zero-order valence-corrected chi connectivity index (χ0v) is 65.7. The molecule has 2 aliphatic rings. The van der Waals surface area contributed by atoms with Gasteiger partial charge in [-0.05, 0) is 241 Å². The van der Waals surface area contributed by atoms with Crippen LogP contribution in [0.25, 0.3) is 127 Å². The lowest BCUT2D eigenvalue weighted by Gasteiger charge is -2.45. The largest absolute Gasteiger partial charge is 0.311 e. The van der Waals surface area contributed by atoms with E-state index in [2.05, 4.69) is 375 Å². The van der Waals surface area contributed by atoms with Crippen molar-refractivity contribution in [1.82, 2.24) is 13.7 Å². The number of fused-ring (bicyclic) bond motifs is 13. The fourth-order valence-corrected chi connectivity index (χ4v) is 18.5. The van der Waals surface area contributed by atoms with Gasteiger partial charge in [0.25, 0.3) is 6.71 Å². The number of para-hydroxylation sites is 5. The molecule has 20 aromatic rings. The summed E-state index contributed by atoms with van der Waals surface area (Å²) in [6.07, 6.45) is 0. The Bertz CT molecular complexity index is 7530. The number of hydrogen-bond donors (Lipinski definition) is 0. The van der Waals surface area contributed by atoms with Crippen molar-refractivity contribution in [3.63, 3.8) is 0 Å². The van der Waals surface area contributed by atoms with E-state index in [1.165, 1.54) is 11.1 Å². The van der Waals surface area contributed by atoms with Gasteiger partial charge in [-0.25, -0.2) is 0 Å². The number of aromatic nitrogens is 3. The van der Waals surface area contributed by atoms with Gasteiger partial charge in [0, 0.05) is 94.9 Å². The molecule has 0 saturated heterocycles. The summed E-state index contributed by atoms with van der Waals surface area (Å²) in [5.41, 5.74) is 27.1. The van der Waals surface area contributed by atoms with Gasteiger partial charge in [-0.15, -0.1) is 0 Å². The Morgan fingerprint density at radius 3 is 1.02 bits per heavy atom. The second-order valence-corrected chi connectivity index (χ2v) is 33.1. The molecule has 7 heteroatoms. The lowest BCUT2D eigenvalue weighted by molar-refractivity contribution is 0.590. The van der Waals surface area contributed by atoms with E-state index in [4.69, 9.17) is 0 Å². The van der Waals surface area contributed by atoms with Crippen molar-refractivity contribution in [2.75, 3.05) is 14.7 Å². The maximum atomic E-state index is 10.2. The van der Waals surface area contributed by atoms with E-state index in [1.807, 2.05) is 36.4 Å². The van der Waals surface area contributed by atoms with E-state index in [1.54, 1.807) is 4.57 Å². The summed E-state index contributed by atoms with van der Waals surface area (Å²) in [4.78, 5) is 7.10. The Kier molecular flexibility index (Phi) is 14.2. The summed E-state index contributed by atoms with van der Waals surface area (Å²) in [5, 5.41) is 4.38. The summed E-state index contributed by atoms with van der Waals surface area (Å²) in [5.74, 6) is 0. The van der Waals surface area contributed by atoms with E-state index < -0.39 is 55.1 Å². The van der Waals surface area contributed by atoms with Crippen LogP contribution in [-0.2, 0) is 10.8 Å². The molecule has 0 atom stereocenters. The van der Waals surface area contributed by atoms with Crippen LogP contribution in [0, 0.1) is 0 Å². The number of hydrogen-bond acceptors (Lipinski definition) is 3. The monoisotopic (exact) mass is 1510 g/mol. The molecule has 0 radical (unpaired) electrons. The van der Waals surface area contributed by atoms with E-state index in [0.29, 0.717) is 5.69 Å². The first-order valence-corrected chi connectivity index (χ1v) is 40.2. The van der Waals surface area contributed by atoms with Crippen LogP contribution >= 0.6 is 0 Å². The second-order valence-electron chi connectivity index (χ2n) is 33.1. The summed E-state index contributed by atoms with van der Waals surface area (Å²) in [7, 11) is 0. The van der Waals surface area contributed by atoms with Crippen molar-refractivity contribution in [2.24, 2.45) is 0 Å². The van der Waals surface area contributed by atoms with Crippen LogP contribution in [-0.4, -0.2) is 20.4 Å². The minimum absolute atomic E-state index is 0.00690. The van der Waals surface area contributed by atoms with Gasteiger partial charge in [0.15, 0.2) is 0 Å². The molecule has 0 spiro atoms. The zero-order chi connectivity index (χ0) is 85.3. The molecule has 5 heterocycles. The van der Waals surface area contributed by atoms with Crippen molar-refractivity contribution in [3.8, 4) is 61.6 Å². The van der Waals surface area contributed by atoms with Crippen LogP contribution in [0.15, 0.2) is 394 Å². The quantitative estimate of drug-likeness (QED) is 0.114. The summed E-state index contributed by atoms with van der Waals surface area (Å²) < 4.78 is 84.8. The Morgan fingerprint density at radius 2 is 0.598 bits per heavy atom.